The molecular weight excluding hydrogens is 208 g/mol. The number of rotatable bonds is 4. The molecule has 0 spiro atoms. The van der Waals surface area contributed by atoms with Crippen LogP contribution < -0.4 is 4.74 Å². The second kappa shape index (κ2) is 5.39. The van der Waals surface area contributed by atoms with Crippen molar-refractivity contribution in [3.05, 3.63) is 23.3 Å². The summed E-state index contributed by atoms with van der Waals surface area (Å²) < 4.78 is 10.1. The van der Waals surface area contributed by atoms with Crippen molar-refractivity contribution in [3.8, 4) is 11.5 Å². The predicted octanol–water partition coefficient (Wildman–Crippen LogP) is 1.95. The number of phenolic OH excluding ortho intramolecular Hbond substituents is 1. The topological polar surface area (TPSA) is 55.8 Å². The van der Waals surface area contributed by atoms with Crippen LogP contribution in [0.15, 0.2) is 12.1 Å². The summed E-state index contributed by atoms with van der Waals surface area (Å²) >= 11 is 0. The van der Waals surface area contributed by atoms with E-state index in [1.165, 1.54) is 0 Å². The average Bonchev–Trinajstić information content (AvgIpc) is 2.24. The molecule has 0 aliphatic carbocycles. The predicted molar refractivity (Wildman–Crippen MR) is 59.7 cm³/mol. The summed E-state index contributed by atoms with van der Waals surface area (Å²) in [5.41, 5.74) is 1.50. The van der Waals surface area contributed by atoms with E-state index in [-0.39, 0.29) is 12.4 Å². The summed E-state index contributed by atoms with van der Waals surface area (Å²) in [6, 6.07) is 3.34. The molecule has 0 unspecified atom stereocenters. The van der Waals surface area contributed by atoms with Crippen LogP contribution >= 0.6 is 0 Å². The first-order valence-corrected chi connectivity index (χ1v) is 5.13. The van der Waals surface area contributed by atoms with Gasteiger partial charge in [0, 0.05) is 5.56 Å². The molecule has 88 valence electrons. The van der Waals surface area contributed by atoms with Crippen LogP contribution in [0.3, 0.4) is 0 Å². The fourth-order valence-corrected chi connectivity index (χ4v) is 1.37. The Bertz CT molecular complexity index is 385. The third kappa shape index (κ3) is 2.89. The van der Waals surface area contributed by atoms with Gasteiger partial charge in [-0.1, -0.05) is 6.07 Å². The number of phenols is 1. The third-order valence-electron chi connectivity index (χ3n) is 2.21. The standard InChI is InChI=1S/C12H16O4/c1-4-15-11(14)7-16-12-8(2)5-6-10(13)9(12)3/h5-6,13H,4,7H2,1-3H3. The highest BCUT2D eigenvalue weighted by Gasteiger charge is 2.10. The van der Waals surface area contributed by atoms with Gasteiger partial charge < -0.3 is 14.6 Å². The van der Waals surface area contributed by atoms with Crippen LogP contribution in [0.1, 0.15) is 18.1 Å². The van der Waals surface area contributed by atoms with Crippen molar-refractivity contribution in [1.82, 2.24) is 0 Å². The minimum atomic E-state index is -0.412. The zero-order valence-electron chi connectivity index (χ0n) is 9.74. The summed E-state index contributed by atoms with van der Waals surface area (Å²) in [6.07, 6.45) is 0. The van der Waals surface area contributed by atoms with Crippen LogP contribution in [0.4, 0.5) is 0 Å². The first kappa shape index (κ1) is 12.4. The summed E-state index contributed by atoms with van der Waals surface area (Å²) in [5.74, 6) is 0.280. The van der Waals surface area contributed by atoms with Crippen LogP contribution in [-0.4, -0.2) is 24.3 Å². The molecule has 1 aromatic rings. The lowest BCUT2D eigenvalue weighted by Gasteiger charge is -2.12. The molecule has 0 atom stereocenters. The molecule has 0 bridgehead atoms. The highest BCUT2D eigenvalue weighted by atomic mass is 16.6. The number of carbonyl (C=O) groups excluding carboxylic acids is 1. The molecule has 0 aliphatic heterocycles. The maximum Gasteiger partial charge on any atom is 0.344 e. The molecule has 1 rings (SSSR count). The molecule has 0 radical (unpaired) electrons. The molecule has 1 aromatic carbocycles. The summed E-state index contributed by atoms with van der Waals surface area (Å²) in [5, 5.41) is 9.50. The summed E-state index contributed by atoms with van der Waals surface area (Å²) in [4.78, 5) is 11.1. The second-order valence-electron chi connectivity index (χ2n) is 3.45. The van der Waals surface area contributed by atoms with Crippen LogP contribution in [0.2, 0.25) is 0 Å². The SMILES string of the molecule is CCOC(=O)COc1c(C)ccc(O)c1C. The van der Waals surface area contributed by atoms with Crippen molar-refractivity contribution in [1.29, 1.82) is 0 Å². The lowest BCUT2D eigenvalue weighted by Crippen LogP contribution is -2.15. The van der Waals surface area contributed by atoms with Gasteiger partial charge in [-0.2, -0.15) is 0 Å². The minimum Gasteiger partial charge on any atom is -0.508 e. The lowest BCUT2D eigenvalue weighted by molar-refractivity contribution is -0.145. The van der Waals surface area contributed by atoms with E-state index in [1.54, 1.807) is 26.0 Å². The number of carbonyl (C=O) groups is 1. The Hall–Kier alpha value is -1.71. The maximum atomic E-state index is 11.1. The Morgan fingerprint density at radius 1 is 1.38 bits per heavy atom. The smallest absolute Gasteiger partial charge is 0.344 e. The van der Waals surface area contributed by atoms with Gasteiger partial charge in [0.2, 0.25) is 0 Å². The van der Waals surface area contributed by atoms with Gasteiger partial charge in [-0.3, -0.25) is 0 Å². The van der Waals surface area contributed by atoms with Gasteiger partial charge in [-0.15, -0.1) is 0 Å². The number of esters is 1. The largest absolute Gasteiger partial charge is 0.508 e. The molecule has 0 amide bonds. The normalized spacial score (nSPS) is 9.94. The van der Waals surface area contributed by atoms with Gasteiger partial charge in [-0.05, 0) is 32.4 Å². The number of hydrogen-bond acceptors (Lipinski definition) is 4. The molecule has 0 saturated heterocycles. The zero-order valence-corrected chi connectivity index (χ0v) is 9.74. The molecule has 4 heteroatoms. The van der Waals surface area contributed by atoms with Crippen LogP contribution in [0.25, 0.3) is 0 Å². The van der Waals surface area contributed by atoms with Gasteiger partial charge in [-0.25, -0.2) is 4.79 Å². The van der Waals surface area contributed by atoms with E-state index < -0.39 is 5.97 Å². The van der Waals surface area contributed by atoms with E-state index in [2.05, 4.69) is 0 Å². The van der Waals surface area contributed by atoms with Crippen LogP contribution in [0.5, 0.6) is 11.5 Å². The molecule has 4 nitrogen and oxygen atoms in total. The van der Waals surface area contributed by atoms with Crippen molar-refractivity contribution in [2.24, 2.45) is 0 Å². The Kier molecular flexibility index (Phi) is 4.17. The zero-order chi connectivity index (χ0) is 12.1. The van der Waals surface area contributed by atoms with Crippen molar-refractivity contribution < 1.29 is 19.4 Å². The number of aromatic hydroxyl groups is 1. The van der Waals surface area contributed by atoms with E-state index in [0.29, 0.717) is 17.9 Å². The summed E-state index contributed by atoms with van der Waals surface area (Å²) in [6.45, 7) is 5.53. The summed E-state index contributed by atoms with van der Waals surface area (Å²) in [7, 11) is 0. The van der Waals surface area contributed by atoms with E-state index in [1.807, 2.05) is 6.92 Å². The van der Waals surface area contributed by atoms with Gasteiger partial charge in [0.05, 0.1) is 6.61 Å². The second-order valence-corrected chi connectivity index (χ2v) is 3.45. The number of aryl methyl sites for hydroxylation is 1. The highest BCUT2D eigenvalue weighted by molar-refractivity contribution is 5.71. The Labute approximate surface area is 94.8 Å². The monoisotopic (exact) mass is 224 g/mol. The lowest BCUT2D eigenvalue weighted by atomic mass is 10.1. The molecule has 0 saturated carbocycles. The molecule has 0 aromatic heterocycles. The molecule has 0 fully saturated rings. The third-order valence-corrected chi connectivity index (χ3v) is 2.21. The minimum absolute atomic E-state index is 0.140. The molecular formula is C12H16O4. The molecule has 1 N–H and O–H groups in total. The fourth-order valence-electron chi connectivity index (χ4n) is 1.37. The number of hydrogen-bond donors (Lipinski definition) is 1. The van der Waals surface area contributed by atoms with Crippen LogP contribution in [-0.2, 0) is 9.53 Å². The molecule has 16 heavy (non-hydrogen) atoms. The van der Waals surface area contributed by atoms with E-state index in [9.17, 15) is 9.90 Å². The fraction of sp³-hybridized carbons (Fsp3) is 0.417. The Morgan fingerprint density at radius 3 is 2.69 bits per heavy atom. The van der Waals surface area contributed by atoms with E-state index in [0.717, 1.165) is 5.56 Å². The van der Waals surface area contributed by atoms with E-state index in [4.69, 9.17) is 9.47 Å². The van der Waals surface area contributed by atoms with Crippen LogP contribution in [0, 0.1) is 13.8 Å². The quantitative estimate of drug-likeness (QED) is 0.794. The van der Waals surface area contributed by atoms with E-state index >= 15 is 0 Å². The first-order valence-electron chi connectivity index (χ1n) is 5.13. The Morgan fingerprint density at radius 2 is 2.06 bits per heavy atom. The van der Waals surface area contributed by atoms with Crippen molar-refractivity contribution in [3.63, 3.8) is 0 Å². The highest BCUT2D eigenvalue weighted by Crippen LogP contribution is 2.29. The van der Waals surface area contributed by atoms with Crippen molar-refractivity contribution in [2.75, 3.05) is 13.2 Å². The Balaban J connectivity index is 2.74. The van der Waals surface area contributed by atoms with Gasteiger partial charge >= 0.3 is 5.97 Å². The molecule has 0 heterocycles. The molecule has 0 aliphatic rings. The first-order chi connectivity index (χ1) is 7.56. The van der Waals surface area contributed by atoms with Crippen molar-refractivity contribution in [2.45, 2.75) is 20.8 Å². The van der Waals surface area contributed by atoms with Gasteiger partial charge in [0.25, 0.3) is 0 Å². The van der Waals surface area contributed by atoms with Gasteiger partial charge in [0.15, 0.2) is 6.61 Å². The average molecular weight is 224 g/mol. The van der Waals surface area contributed by atoms with Crippen molar-refractivity contribution >= 4 is 5.97 Å². The number of benzene rings is 1. The maximum absolute atomic E-state index is 11.1. The van der Waals surface area contributed by atoms with Gasteiger partial charge in [0.1, 0.15) is 11.5 Å². The number of ether oxygens (including phenoxy) is 2.